The summed E-state index contributed by atoms with van der Waals surface area (Å²) < 4.78 is 32.9. The fraction of sp³-hybridized carbons (Fsp3) is 0.889. The number of carbonyl (C=O) groups excluding carboxylic acids is 2. The summed E-state index contributed by atoms with van der Waals surface area (Å²) >= 11 is 0. The summed E-state index contributed by atoms with van der Waals surface area (Å²) in [5.74, 6) is -2.97. The number of carboxylic acids is 1. The number of hydrogen-bond donors (Lipinski definition) is 6. The summed E-state index contributed by atoms with van der Waals surface area (Å²) in [4.78, 5) is 46.2. The number of allylic oxidation sites excluding steroid dienone is 2. The molecule has 354 valence electrons. The van der Waals surface area contributed by atoms with Crippen molar-refractivity contribution in [3.05, 3.63) is 12.2 Å². The molecule has 0 radical (unpaired) electrons. The lowest BCUT2D eigenvalue weighted by molar-refractivity contribution is -0.164. The first-order valence-electron chi connectivity index (χ1n) is 23.4. The average Bonchev–Trinajstić information content (AvgIpc) is 3.22. The van der Waals surface area contributed by atoms with E-state index >= 15 is 0 Å². The maximum atomic E-state index is 12.7. The summed E-state index contributed by atoms with van der Waals surface area (Å²) in [6.45, 7) is 2.22. The highest BCUT2D eigenvalue weighted by Crippen LogP contribution is 2.43. The van der Waals surface area contributed by atoms with E-state index in [9.17, 15) is 44.3 Å². The van der Waals surface area contributed by atoms with Gasteiger partial charge in [-0.3, -0.25) is 18.6 Å². The summed E-state index contributed by atoms with van der Waals surface area (Å²) in [6, 6.07) is 0. The van der Waals surface area contributed by atoms with Gasteiger partial charge in [-0.05, 0) is 38.5 Å². The average molecular weight is 881 g/mol. The number of phosphoric ester groups is 1. The lowest BCUT2D eigenvalue weighted by Gasteiger charge is -2.25. The molecule has 0 aromatic rings. The highest BCUT2D eigenvalue weighted by Gasteiger charge is 2.36. The molecule has 0 spiro atoms. The van der Waals surface area contributed by atoms with Gasteiger partial charge in [0, 0.05) is 12.8 Å². The van der Waals surface area contributed by atoms with Crippen LogP contribution in [0.25, 0.3) is 0 Å². The molecule has 0 aromatic carbocycles. The van der Waals surface area contributed by atoms with Crippen molar-refractivity contribution in [1.82, 2.24) is 0 Å². The van der Waals surface area contributed by atoms with Crippen LogP contribution in [0.15, 0.2) is 12.2 Å². The quantitative estimate of drug-likeness (QED) is 0.0145. The second-order valence-corrected chi connectivity index (χ2v) is 17.7. The summed E-state index contributed by atoms with van der Waals surface area (Å²) in [5, 5.41) is 47.8. The van der Waals surface area contributed by atoms with Crippen LogP contribution in [-0.2, 0) is 37.5 Å². The molecule has 0 aliphatic heterocycles. The minimum atomic E-state index is -4.97. The number of unbranched alkanes of at least 4 members (excludes halogenated alkanes) is 25. The Bertz CT molecular complexity index is 1120. The molecule has 6 unspecified atom stereocenters. The van der Waals surface area contributed by atoms with E-state index in [4.69, 9.17) is 19.1 Å². The van der Waals surface area contributed by atoms with Crippen molar-refractivity contribution in [1.29, 1.82) is 0 Å². The van der Waals surface area contributed by atoms with Crippen LogP contribution in [0.1, 0.15) is 206 Å². The van der Waals surface area contributed by atoms with Gasteiger partial charge in [-0.15, -0.1) is 0 Å². The van der Waals surface area contributed by atoms with Crippen molar-refractivity contribution in [2.75, 3.05) is 19.8 Å². The van der Waals surface area contributed by atoms with E-state index in [1.807, 2.05) is 0 Å². The van der Waals surface area contributed by atoms with E-state index in [2.05, 4.69) is 30.5 Å². The number of phosphoric acid groups is 1. The SMILES string of the molecule is CCCCCCCC/C=C\CCCCCCCC(=O)OCC(COP(=O)(O)OCC(O)C(O)C(O)C(O)C(=O)O)OC(=O)CCCCCCCCCCCCCCCCC. The van der Waals surface area contributed by atoms with Crippen molar-refractivity contribution in [2.45, 2.75) is 237 Å². The van der Waals surface area contributed by atoms with Gasteiger partial charge in [0.05, 0.1) is 13.2 Å². The first kappa shape index (κ1) is 58.1. The fourth-order valence-corrected chi connectivity index (χ4v) is 7.41. The molecule has 0 aliphatic carbocycles. The molecule has 0 bridgehead atoms. The van der Waals surface area contributed by atoms with Crippen LogP contribution in [0.5, 0.6) is 0 Å². The van der Waals surface area contributed by atoms with Gasteiger partial charge in [0.1, 0.15) is 24.9 Å². The Balaban J connectivity index is 4.67. The van der Waals surface area contributed by atoms with E-state index < -0.39 is 76.1 Å². The van der Waals surface area contributed by atoms with Crippen LogP contribution < -0.4 is 0 Å². The van der Waals surface area contributed by atoms with Crippen molar-refractivity contribution in [3.63, 3.8) is 0 Å². The largest absolute Gasteiger partial charge is 0.479 e. The zero-order valence-corrected chi connectivity index (χ0v) is 38.2. The number of carboxylic acid groups (broad SMARTS) is 1. The molecule has 14 nitrogen and oxygen atoms in total. The van der Waals surface area contributed by atoms with Crippen LogP contribution in [0.3, 0.4) is 0 Å². The molecule has 0 amide bonds. The molecule has 0 rings (SSSR count). The topological polar surface area (TPSA) is 227 Å². The minimum Gasteiger partial charge on any atom is -0.479 e. The molecule has 0 saturated heterocycles. The number of aliphatic hydroxyl groups excluding tert-OH is 4. The first-order chi connectivity index (χ1) is 28.8. The Kier molecular flexibility index (Phi) is 38.6. The third kappa shape index (κ3) is 35.7. The first-order valence-corrected chi connectivity index (χ1v) is 24.9. The van der Waals surface area contributed by atoms with Crippen LogP contribution in [0.2, 0.25) is 0 Å². The fourth-order valence-electron chi connectivity index (χ4n) is 6.64. The Morgan fingerprint density at radius 2 is 0.900 bits per heavy atom. The van der Waals surface area contributed by atoms with Crippen molar-refractivity contribution in [3.8, 4) is 0 Å². The third-order valence-electron chi connectivity index (χ3n) is 10.5. The van der Waals surface area contributed by atoms with E-state index in [1.54, 1.807) is 0 Å². The third-order valence-corrected chi connectivity index (χ3v) is 11.5. The molecule has 6 atom stereocenters. The molecular formula is C45H85O14P. The molecular weight excluding hydrogens is 795 g/mol. The van der Waals surface area contributed by atoms with E-state index in [0.29, 0.717) is 12.8 Å². The molecule has 0 heterocycles. The Morgan fingerprint density at radius 1 is 0.517 bits per heavy atom. The van der Waals surface area contributed by atoms with Gasteiger partial charge in [-0.1, -0.05) is 167 Å². The van der Waals surface area contributed by atoms with E-state index in [-0.39, 0.29) is 12.8 Å². The van der Waals surface area contributed by atoms with E-state index in [1.165, 1.54) is 103 Å². The Morgan fingerprint density at radius 3 is 1.33 bits per heavy atom. The summed E-state index contributed by atoms with van der Waals surface area (Å²) in [5.41, 5.74) is 0. The van der Waals surface area contributed by atoms with Gasteiger partial charge in [0.15, 0.2) is 12.2 Å². The monoisotopic (exact) mass is 881 g/mol. The van der Waals surface area contributed by atoms with Gasteiger partial charge in [-0.2, -0.15) is 0 Å². The summed E-state index contributed by atoms with van der Waals surface area (Å²) in [7, 11) is -4.97. The predicted molar refractivity (Wildman–Crippen MR) is 233 cm³/mol. The van der Waals surface area contributed by atoms with Gasteiger partial charge in [-0.25, -0.2) is 9.36 Å². The van der Waals surface area contributed by atoms with Crippen LogP contribution in [0, 0.1) is 0 Å². The Labute approximate surface area is 361 Å². The minimum absolute atomic E-state index is 0.0967. The zero-order valence-electron chi connectivity index (χ0n) is 37.3. The molecule has 6 N–H and O–H groups in total. The van der Waals surface area contributed by atoms with Crippen molar-refractivity contribution < 1.29 is 67.9 Å². The maximum Gasteiger partial charge on any atom is 0.472 e. The highest BCUT2D eigenvalue weighted by molar-refractivity contribution is 7.47. The van der Waals surface area contributed by atoms with Gasteiger partial charge in [0.2, 0.25) is 0 Å². The van der Waals surface area contributed by atoms with Crippen molar-refractivity contribution >= 4 is 25.7 Å². The normalized spacial score (nSPS) is 15.3. The number of carbonyl (C=O) groups is 3. The molecule has 0 aliphatic rings. The number of aliphatic hydroxyl groups is 4. The van der Waals surface area contributed by atoms with Crippen LogP contribution in [0.4, 0.5) is 0 Å². The smallest absolute Gasteiger partial charge is 0.472 e. The number of aliphatic carboxylic acids is 1. The standard InChI is InChI=1S/C45H85O14P/c1-3-5-7-9-11-13-15-17-19-21-23-25-27-29-31-33-40(47)56-35-38(36-57-60(54,55)58-37-39(46)42(49)43(50)44(51)45(52)53)59-41(48)34-32-30-28-26-24-22-20-18-16-14-12-10-8-6-4-2/h17,19,38-39,42-44,46,49-51H,3-16,18,20-37H2,1-2H3,(H,52,53)(H,54,55)/b19-17-. The van der Waals surface area contributed by atoms with Gasteiger partial charge >= 0.3 is 25.7 Å². The Hall–Kier alpha value is -1.90. The van der Waals surface area contributed by atoms with Crippen LogP contribution >= 0.6 is 7.82 Å². The van der Waals surface area contributed by atoms with Gasteiger partial charge in [0.25, 0.3) is 0 Å². The number of hydrogen-bond acceptors (Lipinski definition) is 12. The lowest BCUT2D eigenvalue weighted by Crippen LogP contribution is -2.48. The van der Waals surface area contributed by atoms with Gasteiger partial charge < -0.3 is 39.9 Å². The predicted octanol–water partition coefficient (Wildman–Crippen LogP) is 9.40. The molecule has 0 fully saturated rings. The second-order valence-electron chi connectivity index (χ2n) is 16.2. The van der Waals surface area contributed by atoms with Crippen LogP contribution in [-0.4, -0.2) is 98.7 Å². The lowest BCUT2D eigenvalue weighted by atomic mass is 10.0. The van der Waals surface area contributed by atoms with E-state index in [0.717, 1.165) is 64.2 Å². The second kappa shape index (κ2) is 39.9. The highest BCUT2D eigenvalue weighted by atomic mass is 31.2. The number of ether oxygens (including phenoxy) is 2. The zero-order chi connectivity index (χ0) is 44.7. The molecule has 60 heavy (non-hydrogen) atoms. The number of esters is 2. The molecule has 0 aromatic heterocycles. The molecule has 0 saturated carbocycles. The number of rotatable bonds is 44. The summed E-state index contributed by atoms with van der Waals surface area (Å²) in [6.07, 6.45) is 26.7. The molecule has 15 heteroatoms. The maximum absolute atomic E-state index is 12.7. The van der Waals surface area contributed by atoms with Crippen molar-refractivity contribution in [2.24, 2.45) is 0 Å².